The van der Waals surface area contributed by atoms with Gasteiger partial charge in [0.1, 0.15) is 0 Å². The van der Waals surface area contributed by atoms with Gasteiger partial charge < -0.3 is 10.2 Å². The first-order valence-electron chi connectivity index (χ1n) is 7.24. The summed E-state index contributed by atoms with van der Waals surface area (Å²) in [7, 11) is 0. The van der Waals surface area contributed by atoms with E-state index >= 15 is 0 Å². The summed E-state index contributed by atoms with van der Waals surface area (Å²) in [6.07, 6.45) is 1.15. The molecule has 0 unspecified atom stereocenters. The lowest BCUT2D eigenvalue weighted by Crippen LogP contribution is -2.17. The van der Waals surface area contributed by atoms with E-state index in [1.54, 1.807) is 11.3 Å². The Bertz CT molecular complexity index is 536. The van der Waals surface area contributed by atoms with Crippen LogP contribution in [0.3, 0.4) is 0 Å². The van der Waals surface area contributed by atoms with Gasteiger partial charge in [0, 0.05) is 24.2 Å². The summed E-state index contributed by atoms with van der Waals surface area (Å²) in [6, 6.07) is 8.58. The lowest BCUT2D eigenvalue weighted by molar-refractivity contribution is 0.666. The molecule has 0 aliphatic heterocycles. The Labute approximate surface area is 125 Å². The minimum Gasteiger partial charge on any atom is -0.318 e. The van der Waals surface area contributed by atoms with Gasteiger partial charge in [-0.1, -0.05) is 19.1 Å². The van der Waals surface area contributed by atoms with E-state index in [2.05, 4.69) is 60.6 Å². The minimum absolute atomic E-state index is 0.857. The average molecular weight is 289 g/mol. The molecule has 0 saturated heterocycles. The van der Waals surface area contributed by atoms with Gasteiger partial charge in [-0.3, -0.25) is 0 Å². The highest BCUT2D eigenvalue weighted by atomic mass is 32.1. The number of aryl methyl sites for hydroxylation is 1. The molecule has 0 amide bonds. The van der Waals surface area contributed by atoms with Crippen LogP contribution in [0.2, 0.25) is 0 Å². The van der Waals surface area contributed by atoms with Gasteiger partial charge in [-0.05, 0) is 44.5 Å². The maximum Gasteiger partial charge on any atom is 0.190 e. The van der Waals surface area contributed by atoms with E-state index < -0.39 is 0 Å². The number of thiazole rings is 1. The van der Waals surface area contributed by atoms with Crippen molar-refractivity contribution in [3.8, 4) is 0 Å². The highest BCUT2D eigenvalue weighted by Crippen LogP contribution is 2.28. The lowest BCUT2D eigenvalue weighted by atomic mass is 10.2. The van der Waals surface area contributed by atoms with Crippen molar-refractivity contribution < 1.29 is 0 Å². The molecule has 0 atom stereocenters. The van der Waals surface area contributed by atoms with Gasteiger partial charge in [-0.15, -0.1) is 11.3 Å². The van der Waals surface area contributed by atoms with Crippen LogP contribution in [-0.4, -0.2) is 18.1 Å². The van der Waals surface area contributed by atoms with Gasteiger partial charge in [0.2, 0.25) is 0 Å². The van der Waals surface area contributed by atoms with Crippen LogP contribution in [0.1, 0.15) is 31.5 Å². The highest BCUT2D eigenvalue weighted by molar-refractivity contribution is 7.13. The standard InChI is InChI=1S/C16H23N3S/c1-4-9-17-11-14-12-20-16(18-14)19(5-2)15-8-6-7-13(3)10-15/h6-8,10,12,17H,4-5,9,11H2,1-3H3. The topological polar surface area (TPSA) is 28.2 Å². The fourth-order valence-corrected chi connectivity index (χ4v) is 3.03. The number of nitrogens with zero attached hydrogens (tertiary/aromatic N) is 2. The molecule has 0 bridgehead atoms. The second-order valence-electron chi connectivity index (χ2n) is 4.88. The Morgan fingerprint density at radius 2 is 2.15 bits per heavy atom. The third kappa shape index (κ3) is 3.81. The number of nitrogens with one attached hydrogen (secondary N) is 1. The Morgan fingerprint density at radius 3 is 2.85 bits per heavy atom. The van der Waals surface area contributed by atoms with E-state index in [9.17, 15) is 0 Å². The fraction of sp³-hybridized carbons (Fsp3) is 0.438. The van der Waals surface area contributed by atoms with Crippen LogP contribution >= 0.6 is 11.3 Å². The molecule has 108 valence electrons. The van der Waals surface area contributed by atoms with Gasteiger partial charge in [0.25, 0.3) is 0 Å². The molecule has 1 N–H and O–H groups in total. The van der Waals surface area contributed by atoms with Gasteiger partial charge >= 0.3 is 0 Å². The quantitative estimate of drug-likeness (QED) is 0.778. The number of anilines is 2. The molecule has 2 aromatic rings. The van der Waals surface area contributed by atoms with Crippen molar-refractivity contribution in [3.63, 3.8) is 0 Å². The van der Waals surface area contributed by atoms with Crippen molar-refractivity contribution >= 4 is 22.2 Å². The second-order valence-corrected chi connectivity index (χ2v) is 5.72. The van der Waals surface area contributed by atoms with E-state index in [0.29, 0.717) is 0 Å². The van der Waals surface area contributed by atoms with Gasteiger partial charge in [-0.2, -0.15) is 0 Å². The number of benzene rings is 1. The molecular weight excluding hydrogens is 266 g/mol. The molecule has 1 heterocycles. The molecule has 0 aliphatic rings. The molecule has 0 radical (unpaired) electrons. The van der Waals surface area contributed by atoms with Crippen LogP contribution in [0.15, 0.2) is 29.6 Å². The normalized spacial score (nSPS) is 10.8. The van der Waals surface area contributed by atoms with Crippen molar-refractivity contribution in [1.29, 1.82) is 0 Å². The smallest absolute Gasteiger partial charge is 0.190 e. The first-order chi connectivity index (χ1) is 9.74. The Kier molecular flexibility index (Phi) is 5.56. The summed E-state index contributed by atoms with van der Waals surface area (Å²) in [5, 5.41) is 6.62. The van der Waals surface area contributed by atoms with Crippen LogP contribution in [0, 0.1) is 6.92 Å². The van der Waals surface area contributed by atoms with Crippen molar-refractivity contribution in [1.82, 2.24) is 10.3 Å². The summed E-state index contributed by atoms with van der Waals surface area (Å²) in [5.41, 5.74) is 3.63. The minimum atomic E-state index is 0.857. The Hall–Kier alpha value is -1.39. The summed E-state index contributed by atoms with van der Waals surface area (Å²) in [6.45, 7) is 9.30. The SMILES string of the molecule is CCCNCc1csc(N(CC)c2cccc(C)c2)n1. The molecule has 1 aromatic heterocycles. The van der Waals surface area contributed by atoms with Crippen molar-refractivity contribution in [2.45, 2.75) is 33.7 Å². The average Bonchev–Trinajstić information content (AvgIpc) is 2.89. The number of aromatic nitrogens is 1. The van der Waals surface area contributed by atoms with E-state index in [4.69, 9.17) is 4.98 Å². The van der Waals surface area contributed by atoms with Crippen LogP contribution < -0.4 is 10.2 Å². The van der Waals surface area contributed by atoms with Gasteiger partial charge in [-0.25, -0.2) is 4.98 Å². The largest absolute Gasteiger partial charge is 0.318 e. The van der Waals surface area contributed by atoms with Gasteiger partial charge in [0.05, 0.1) is 5.69 Å². The number of rotatable bonds is 7. The van der Waals surface area contributed by atoms with E-state index in [1.807, 2.05) is 0 Å². The third-order valence-corrected chi connectivity index (χ3v) is 4.05. The zero-order chi connectivity index (χ0) is 14.4. The van der Waals surface area contributed by atoms with E-state index in [1.165, 1.54) is 11.3 Å². The predicted octanol–water partition coefficient (Wildman–Crippen LogP) is 4.11. The van der Waals surface area contributed by atoms with Crippen LogP contribution in [0.5, 0.6) is 0 Å². The summed E-state index contributed by atoms with van der Waals surface area (Å²) in [5.74, 6) is 0. The highest BCUT2D eigenvalue weighted by Gasteiger charge is 2.11. The molecule has 0 saturated carbocycles. The van der Waals surface area contributed by atoms with E-state index in [0.717, 1.165) is 36.9 Å². The molecule has 4 heteroatoms. The first kappa shape index (κ1) is 15.0. The molecule has 2 rings (SSSR count). The number of hydrogen-bond acceptors (Lipinski definition) is 4. The molecule has 0 aliphatic carbocycles. The van der Waals surface area contributed by atoms with Crippen molar-refractivity contribution in [2.24, 2.45) is 0 Å². The zero-order valence-electron chi connectivity index (χ0n) is 12.5. The van der Waals surface area contributed by atoms with Crippen molar-refractivity contribution in [3.05, 3.63) is 40.9 Å². The molecule has 0 spiro atoms. The van der Waals surface area contributed by atoms with Crippen LogP contribution in [-0.2, 0) is 6.54 Å². The zero-order valence-corrected chi connectivity index (χ0v) is 13.3. The molecule has 3 nitrogen and oxygen atoms in total. The maximum atomic E-state index is 4.74. The summed E-state index contributed by atoms with van der Waals surface area (Å²) >= 11 is 1.72. The first-order valence-corrected chi connectivity index (χ1v) is 8.12. The van der Waals surface area contributed by atoms with Gasteiger partial charge in [0.15, 0.2) is 5.13 Å². The number of hydrogen-bond donors (Lipinski definition) is 1. The fourth-order valence-electron chi connectivity index (χ4n) is 2.12. The van der Waals surface area contributed by atoms with E-state index in [-0.39, 0.29) is 0 Å². The summed E-state index contributed by atoms with van der Waals surface area (Å²) in [4.78, 5) is 7.01. The molecule has 1 aromatic carbocycles. The monoisotopic (exact) mass is 289 g/mol. The second kappa shape index (κ2) is 7.41. The van der Waals surface area contributed by atoms with Crippen molar-refractivity contribution in [2.75, 3.05) is 18.0 Å². The Balaban J connectivity index is 2.12. The van der Waals surface area contributed by atoms with Crippen LogP contribution in [0.25, 0.3) is 0 Å². The molecule has 0 fully saturated rings. The maximum absolute atomic E-state index is 4.74. The lowest BCUT2D eigenvalue weighted by Gasteiger charge is -2.20. The molecule has 20 heavy (non-hydrogen) atoms. The Morgan fingerprint density at radius 1 is 1.30 bits per heavy atom. The summed E-state index contributed by atoms with van der Waals surface area (Å²) < 4.78 is 0. The molecular formula is C16H23N3S. The third-order valence-electron chi connectivity index (χ3n) is 3.13. The van der Waals surface area contributed by atoms with Crippen LogP contribution in [0.4, 0.5) is 10.8 Å². The predicted molar refractivity (Wildman–Crippen MR) is 88.0 cm³/mol.